The average Bonchev–Trinajstić information content (AvgIpc) is 2.86. The molecule has 5 nitrogen and oxygen atoms in total. The SMILES string of the molecule is Cc1cccc(N2CCN(C(=O)c3ccccc3SCC(=O)Nc3ccc(F)cc3)CC2)c1C. The number of aryl methyl sites for hydroxylation is 1. The first-order valence-corrected chi connectivity index (χ1v) is 12.3. The zero-order chi connectivity index (χ0) is 24.1. The molecule has 1 heterocycles. The summed E-state index contributed by atoms with van der Waals surface area (Å²) in [6, 6.07) is 19.4. The number of halogens is 1. The van der Waals surface area contributed by atoms with Gasteiger partial charge in [-0.05, 0) is 67.4 Å². The van der Waals surface area contributed by atoms with Gasteiger partial charge in [0.15, 0.2) is 0 Å². The summed E-state index contributed by atoms with van der Waals surface area (Å²) in [5, 5.41) is 2.75. The second kappa shape index (κ2) is 10.7. The zero-order valence-electron chi connectivity index (χ0n) is 19.4. The van der Waals surface area contributed by atoms with Crippen LogP contribution in [0.4, 0.5) is 15.8 Å². The molecule has 1 N–H and O–H groups in total. The Bertz CT molecular complexity index is 1170. The number of carbonyl (C=O) groups is 2. The maximum atomic E-state index is 13.3. The van der Waals surface area contributed by atoms with Crippen LogP contribution in [-0.2, 0) is 4.79 Å². The summed E-state index contributed by atoms with van der Waals surface area (Å²) in [5.74, 6) is -0.416. The highest BCUT2D eigenvalue weighted by atomic mass is 32.2. The van der Waals surface area contributed by atoms with E-state index in [1.807, 2.05) is 29.2 Å². The number of hydrogen-bond acceptors (Lipinski definition) is 4. The number of thioether (sulfide) groups is 1. The first kappa shape index (κ1) is 23.8. The molecule has 1 aliphatic rings. The minimum atomic E-state index is -0.352. The van der Waals surface area contributed by atoms with Crippen molar-refractivity contribution in [2.24, 2.45) is 0 Å². The van der Waals surface area contributed by atoms with E-state index in [4.69, 9.17) is 0 Å². The summed E-state index contributed by atoms with van der Waals surface area (Å²) in [5.41, 5.74) is 4.93. The Morgan fingerprint density at radius 2 is 1.62 bits per heavy atom. The summed E-state index contributed by atoms with van der Waals surface area (Å²) < 4.78 is 13.1. The van der Waals surface area contributed by atoms with Gasteiger partial charge in [0.1, 0.15) is 5.82 Å². The average molecular weight is 478 g/mol. The van der Waals surface area contributed by atoms with E-state index in [0.717, 1.165) is 18.0 Å². The number of hydrogen-bond donors (Lipinski definition) is 1. The summed E-state index contributed by atoms with van der Waals surface area (Å²) >= 11 is 1.33. The minimum absolute atomic E-state index is 0.0114. The van der Waals surface area contributed by atoms with Crippen LogP contribution in [0.3, 0.4) is 0 Å². The molecule has 0 atom stereocenters. The molecule has 7 heteroatoms. The van der Waals surface area contributed by atoms with Gasteiger partial charge < -0.3 is 15.1 Å². The van der Waals surface area contributed by atoms with Crippen LogP contribution in [0.15, 0.2) is 71.6 Å². The fourth-order valence-corrected chi connectivity index (χ4v) is 4.89. The van der Waals surface area contributed by atoms with Crippen molar-refractivity contribution in [2.45, 2.75) is 18.7 Å². The van der Waals surface area contributed by atoms with Gasteiger partial charge in [-0.1, -0.05) is 24.3 Å². The molecule has 1 fully saturated rings. The molecule has 0 unspecified atom stereocenters. The monoisotopic (exact) mass is 477 g/mol. The van der Waals surface area contributed by atoms with Crippen LogP contribution in [0.1, 0.15) is 21.5 Å². The quantitative estimate of drug-likeness (QED) is 0.500. The predicted molar refractivity (Wildman–Crippen MR) is 136 cm³/mol. The van der Waals surface area contributed by atoms with E-state index in [1.54, 1.807) is 0 Å². The Balaban J connectivity index is 1.36. The molecule has 0 aromatic heterocycles. The fraction of sp³-hybridized carbons (Fsp3) is 0.259. The molecule has 176 valence electrons. The van der Waals surface area contributed by atoms with Crippen molar-refractivity contribution in [2.75, 3.05) is 42.1 Å². The molecule has 1 saturated heterocycles. The second-order valence-electron chi connectivity index (χ2n) is 8.34. The summed E-state index contributed by atoms with van der Waals surface area (Å²) in [4.78, 5) is 30.7. The van der Waals surface area contributed by atoms with Gasteiger partial charge in [0.05, 0.1) is 11.3 Å². The van der Waals surface area contributed by atoms with E-state index >= 15 is 0 Å². The number of anilines is 2. The van der Waals surface area contributed by atoms with Crippen molar-refractivity contribution in [1.29, 1.82) is 0 Å². The van der Waals surface area contributed by atoms with Crippen molar-refractivity contribution < 1.29 is 14.0 Å². The van der Waals surface area contributed by atoms with Gasteiger partial charge in [-0.15, -0.1) is 11.8 Å². The Morgan fingerprint density at radius 3 is 2.35 bits per heavy atom. The van der Waals surface area contributed by atoms with Crippen LogP contribution in [0.2, 0.25) is 0 Å². The number of carbonyl (C=O) groups excluding carboxylic acids is 2. The first-order chi connectivity index (χ1) is 16.4. The molecule has 0 saturated carbocycles. The maximum absolute atomic E-state index is 13.3. The normalized spacial score (nSPS) is 13.6. The van der Waals surface area contributed by atoms with Crippen LogP contribution in [0.5, 0.6) is 0 Å². The van der Waals surface area contributed by atoms with Crippen LogP contribution in [-0.4, -0.2) is 48.6 Å². The molecule has 1 aliphatic heterocycles. The second-order valence-corrected chi connectivity index (χ2v) is 9.36. The lowest BCUT2D eigenvalue weighted by Crippen LogP contribution is -2.49. The zero-order valence-corrected chi connectivity index (χ0v) is 20.2. The highest BCUT2D eigenvalue weighted by molar-refractivity contribution is 8.00. The third-order valence-electron chi connectivity index (χ3n) is 6.09. The highest BCUT2D eigenvalue weighted by Crippen LogP contribution is 2.27. The van der Waals surface area contributed by atoms with Crippen molar-refractivity contribution >= 4 is 35.0 Å². The lowest BCUT2D eigenvalue weighted by molar-refractivity contribution is -0.113. The molecule has 2 amide bonds. The molecule has 0 spiro atoms. The number of rotatable bonds is 6. The number of nitrogens with zero attached hydrogens (tertiary/aromatic N) is 2. The molecule has 0 radical (unpaired) electrons. The molecule has 3 aromatic carbocycles. The molecule has 4 rings (SSSR count). The number of piperazine rings is 1. The fourth-order valence-electron chi connectivity index (χ4n) is 4.04. The highest BCUT2D eigenvalue weighted by Gasteiger charge is 2.25. The summed E-state index contributed by atoms with van der Waals surface area (Å²) in [6.45, 7) is 7.12. The van der Waals surface area contributed by atoms with Crippen molar-refractivity contribution in [3.8, 4) is 0 Å². The lowest BCUT2D eigenvalue weighted by atomic mass is 10.1. The van der Waals surface area contributed by atoms with Gasteiger partial charge in [0, 0.05) is 42.4 Å². The van der Waals surface area contributed by atoms with Gasteiger partial charge in [0.25, 0.3) is 5.91 Å². The van der Waals surface area contributed by atoms with E-state index in [2.05, 4.69) is 42.3 Å². The Hall–Kier alpha value is -3.32. The minimum Gasteiger partial charge on any atom is -0.368 e. The standard InChI is InChI=1S/C27H28FN3O2S/c1-19-6-5-8-24(20(19)2)30-14-16-31(17-15-30)27(33)23-7-3-4-9-25(23)34-18-26(32)29-22-12-10-21(28)11-13-22/h3-13H,14-18H2,1-2H3,(H,29,32). The third-order valence-corrected chi connectivity index (χ3v) is 7.16. The largest absolute Gasteiger partial charge is 0.368 e. The Morgan fingerprint density at radius 1 is 0.912 bits per heavy atom. The maximum Gasteiger partial charge on any atom is 0.255 e. The molecule has 0 bridgehead atoms. The van der Waals surface area contributed by atoms with Crippen molar-refractivity contribution in [1.82, 2.24) is 4.90 Å². The molecule has 34 heavy (non-hydrogen) atoms. The van der Waals surface area contributed by atoms with E-state index in [0.29, 0.717) is 24.3 Å². The van der Waals surface area contributed by atoms with Gasteiger partial charge >= 0.3 is 0 Å². The summed E-state index contributed by atoms with van der Waals surface area (Å²) in [7, 11) is 0. The van der Waals surface area contributed by atoms with E-state index in [1.165, 1.54) is 52.8 Å². The Labute approximate surface area is 204 Å². The molecular formula is C27H28FN3O2S. The number of benzene rings is 3. The smallest absolute Gasteiger partial charge is 0.255 e. The van der Waals surface area contributed by atoms with Crippen LogP contribution in [0, 0.1) is 19.7 Å². The molecular weight excluding hydrogens is 449 g/mol. The number of nitrogens with one attached hydrogen (secondary N) is 1. The van der Waals surface area contributed by atoms with Gasteiger partial charge in [-0.25, -0.2) is 4.39 Å². The van der Waals surface area contributed by atoms with Gasteiger partial charge in [-0.2, -0.15) is 0 Å². The number of amides is 2. The van der Waals surface area contributed by atoms with Crippen LogP contribution in [0.25, 0.3) is 0 Å². The first-order valence-electron chi connectivity index (χ1n) is 11.3. The predicted octanol–water partition coefficient (Wildman–Crippen LogP) is 5.14. The van der Waals surface area contributed by atoms with Crippen LogP contribution < -0.4 is 10.2 Å². The third kappa shape index (κ3) is 5.59. The van der Waals surface area contributed by atoms with Crippen LogP contribution >= 0.6 is 11.8 Å². The van der Waals surface area contributed by atoms with Crippen molar-refractivity contribution in [3.05, 3.63) is 89.2 Å². The lowest BCUT2D eigenvalue weighted by Gasteiger charge is -2.37. The van der Waals surface area contributed by atoms with E-state index in [-0.39, 0.29) is 23.4 Å². The van der Waals surface area contributed by atoms with E-state index in [9.17, 15) is 14.0 Å². The van der Waals surface area contributed by atoms with Gasteiger partial charge in [0.2, 0.25) is 5.91 Å². The van der Waals surface area contributed by atoms with E-state index < -0.39 is 0 Å². The van der Waals surface area contributed by atoms with Crippen molar-refractivity contribution in [3.63, 3.8) is 0 Å². The topological polar surface area (TPSA) is 52.7 Å². The van der Waals surface area contributed by atoms with Gasteiger partial charge in [-0.3, -0.25) is 9.59 Å². The molecule has 0 aliphatic carbocycles. The summed E-state index contributed by atoms with van der Waals surface area (Å²) in [6.07, 6.45) is 0. The molecule has 3 aromatic rings. The Kier molecular flexibility index (Phi) is 7.53.